The molecule has 0 radical (unpaired) electrons. The van der Waals surface area contributed by atoms with Crippen LogP contribution in [0.5, 0.6) is 0 Å². The molecule has 7 nitrogen and oxygen atoms in total. The van der Waals surface area contributed by atoms with E-state index < -0.39 is 15.6 Å². The molecule has 3 rings (SSSR count). The number of rotatable bonds is 9. The molecule has 2 aromatic carbocycles. The standard InChI is InChI=1S/C23H27Cl3N2O5S/c1-27(34(31,32)22-19(25)13-18(24)14-20(22)26)11-12-33-16-21(29)28-9-7-23(30,8-10-28)15-17-5-3-2-4-6-17/h2-6,13-14,30H,7-12,15-16H2,1H3. The largest absolute Gasteiger partial charge is 0.389 e. The zero-order valence-corrected chi connectivity index (χ0v) is 21.8. The number of piperidine rings is 1. The average molecular weight is 550 g/mol. The lowest BCUT2D eigenvalue weighted by Gasteiger charge is -2.38. The van der Waals surface area contributed by atoms with Crippen molar-refractivity contribution in [2.75, 3.05) is 39.9 Å². The van der Waals surface area contributed by atoms with Gasteiger partial charge in [-0.1, -0.05) is 65.1 Å². The van der Waals surface area contributed by atoms with E-state index in [0.717, 1.165) is 9.87 Å². The first-order chi connectivity index (χ1) is 16.0. The van der Waals surface area contributed by atoms with E-state index in [4.69, 9.17) is 39.5 Å². The molecule has 0 atom stereocenters. The molecule has 186 valence electrons. The van der Waals surface area contributed by atoms with Crippen LogP contribution in [-0.2, 0) is 26.0 Å². The summed E-state index contributed by atoms with van der Waals surface area (Å²) >= 11 is 17.9. The Hall–Kier alpha value is -1.39. The number of amides is 1. The zero-order chi connectivity index (χ0) is 24.9. The lowest BCUT2D eigenvalue weighted by atomic mass is 9.85. The number of hydrogen-bond donors (Lipinski definition) is 1. The highest BCUT2D eigenvalue weighted by Gasteiger charge is 2.34. The Balaban J connectivity index is 1.44. The molecule has 0 saturated carbocycles. The van der Waals surface area contributed by atoms with E-state index >= 15 is 0 Å². The maximum absolute atomic E-state index is 12.8. The van der Waals surface area contributed by atoms with Crippen LogP contribution in [-0.4, -0.2) is 74.1 Å². The zero-order valence-electron chi connectivity index (χ0n) is 18.7. The molecule has 0 aliphatic carbocycles. The lowest BCUT2D eigenvalue weighted by molar-refractivity contribution is -0.140. The fourth-order valence-electron chi connectivity index (χ4n) is 3.82. The third-order valence-electron chi connectivity index (χ3n) is 5.83. The van der Waals surface area contributed by atoms with Crippen molar-refractivity contribution in [1.82, 2.24) is 9.21 Å². The number of hydrogen-bond acceptors (Lipinski definition) is 5. The van der Waals surface area contributed by atoms with Crippen LogP contribution in [0.15, 0.2) is 47.4 Å². The molecule has 2 aromatic rings. The maximum atomic E-state index is 12.8. The second-order valence-corrected chi connectivity index (χ2v) is 11.6. The normalized spacial score (nSPS) is 16.1. The number of nitrogens with zero attached hydrogens (tertiary/aromatic N) is 2. The number of likely N-dealkylation sites (tertiary alicyclic amines) is 1. The number of halogens is 3. The van der Waals surface area contributed by atoms with Crippen molar-refractivity contribution in [2.24, 2.45) is 0 Å². The van der Waals surface area contributed by atoms with E-state index in [1.165, 1.54) is 19.2 Å². The van der Waals surface area contributed by atoms with Gasteiger partial charge in [-0.3, -0.25) is 4.79 Å². The van der Waals surface area contributed by atoms with E-state index in [1.54, 1.807) is 4.90 Å². The number of carbonyl (C=O) groups is 1. The molecule has 1 N–H and O–H groups in total. The number of sulfonamides is 1. The Kier molecular flexibility index (Phi) is 9.25. The Labute approximate surface area is 215 Å². The Morgan fingerprint density at radius 3 is 2.29 bits per heavy atom. The molecular formula is C23H27Cl3N2O5S. The molecule has 0 unspecified atom stereocenters. The van der Waals surface area contributed by atoms with Gasteiger partial charge in [-0.05, 0) is 30.5 Å². The van der Waals surface area contributed by atoms with Crippen molar-refractivity contribution in [1.29, 1.82) is 0 Å². The van der Waals surface area contributed by atoms with Crippen molar-refractivity contribution < 1.29 is 23.1 Å². The summed E-state index contributed by atoms with van der Waals surface area (Å²) in [5.41, 5.74) is 0.230. The monoisotopic (exact) mass is 548 g/mol. The van der Waals surface area contributed by atoms with E-state index in [0.29, 0.717) is 32.4 Å². The van der Waals surface area contributed by atoms with Crippen molar-refractivity contribution in [3.63, 3.8) is 0 Å². The molecule has 11 heteroatoms. The first kappa shape index (κ1) is 27.2. The smallest absolute Gasteiger partial charge is 0.248 e. The third kappa shape index (κ3) is 6.85. The highest BCUT2D eigenvalue weighted by atomic mass is 35.5. The molecule has 1 fully saturated rings. The van der Waals surface area contributed by atoms with E-state index in [1.807, 2.05) is 30.3 Å². The van der Waals surface area contributed by atoms with Crippen molar-refractivity contribution in [3.8, 4) is 0 Å². The number of carbonyl (C=O) groups excluding carboxylic acids is 1. The van der Waals surface area contributed by atoms with Gasteiger partial charge in [0.2, 0.25) is 15.9 Å². The second-order valence-electron chi connectivity index (χ2n) is 8.35. The van der Waals surface area contributed by atoms with Crippen molar-refractivity contribution in [2.45, 2.75) is 29.8 Å². The lowest BCUT2D eigenvalue weighted by Crippen LogP contribution is -2.48. The Morgan fingerprint density at radius 2 is 1.71 bits per heavy atom. The minimum Gasteiger partial charge on any atom is -0.389 e. The summed E-state index contributed by atoms with van der Waals surface area (Å²) in [4.78, 5) is 13.9. The Bertz CT molecular complexity index is 1080. The number of aliphatic hydroxyl groups is 1. The van der Waals surface area contributed by atoms with Gasteiger partial charge >= 0.3 is 0 Å². The number of likely N-dealkylation sites (N-methyl/N-ethyl adjacent to an activating group) is 1. The summed E-state index contributed by atoms with van der Waals surface area (Å²) < 4.78 is 32.1. The van der Waals surface area contributed by atoms with Crippen LogP contribution < -0.4 is 0 Å². The predicted molar refractivity (Wildman–Crippen MR) is 133 cm³/mol. The van der Waals surface area contributed by atoms with Crippen LogP contribution in [0, 0.1) is 0 Å². The van der Waals surface area contributed by atoms with Crippen LogP contribution in [0.4, 0.5) is 0 Å². The summed E-state index contributed by atoms with van der Waals surface area (Å²) in [5.74, 6) is -0.198. The van der Waals surface area contributed by atoms with Gasteiger partial charge in [0.25, 0.3) is 0 Å². The third-order valence-corrected chi connectivity index (χ3v) is 8.83. The van der Waals surface area contributed by atoms with Crippen molar-refractivity contribution >= 4 is 50.7 Å². The molecule has 0 aromatic heterocycles. The summed E-state index contributed by atoms with van der Waals surface area (Å²) in [7, 11) is -2.59. The second kappa shape index (κ2) is 11.6. The van der Waals surface area contributed by atoms with E-state index in [9.17, 15) is 18.3 Å². The van der Waals surface area contributed by atoms with Gasteiger partial charge in [0.1, 0.15) is 11.5 Å². The number of benzene rings is 2. The molecule has 1 amide bonds. The van der Waals surface area contributed by atoms with Crippen LogP contribution >= 0.6 is 34.8 Å². The summed E-state index contributed by atoms with van der Waals surface area (Å²) in [6.07, 6.45) is 1.52. The van der Waals surface area contributed by atoms with Gasteiger partial charge < -0.3 is 14.7 Å². The highest BCUT2D eigenvalue weighted by molar-refractivity contribution is 7.89. The van der Waals surface area contributed by atoms with Gasteiger partial charge in [0.05, 0.1) is 22.3 Å². The predicted octanol–water partition coefficient (Wildman–Crippen LogP) is 3.88. The van der Waals surface area contributed by atoms with Crippen molar-refractivity contribution in [3.05, 3.63) is 63.1 Å². The van der Waals surface area contributed by atoms with Crippen LogP contribution in [0.25, 0.3) is 0 Å². The van der Waals surface area contributed by atoms with E-state index in [-0.39, 0.29) is 45.6 Å². The molecule has 1 aliphatic rings. The van der Waals surface area contributed by atoms with E-state index in [2.05, 4.69) is 0 Å². The topological polar surface area (TPSA) is 87.2 Å². The SMILES string of the molecule is CN(CCOCC(=O)N1CCC(O)(Cc2ccccc2)CC1)S(=O)(=O)c1c(Cl)cc(Cl)cc1Cl. The fourth-order valence-corrected chi connectivity index (χ4v) is 6.46. The van der Waals surface area contributed by atoms with Gasteiger partial charge in [0, 0.05) is 38.1 Å². The quantitative estimate of drug-likeness (QED) is 0.480. The minimum absolute atomic E-state index is 0.00171. The minimum atomic E-state index is -3.97. The fraction of sp³-hybridized carbons (Fsp3) is 0.435. The molecule has 1 aliphatic heterocycles. The van der Waals surface area contributed by atoms with Gasteiger partial charge in [-0.25, -0.2) is 8.42 Å². The molecule has 0 spiro atoms. The molecule has 1 saturated heterocycles. The molecule has 34 heavy (non-hydrogen) atoms. The van der Waals surface area contributed by atoms with Gasteiger partial charge in [-0.2, -0.15) is 4.31 Å². The van der Waals surface area contributed by atoms with Crippen LogP contribution in [0.2, 0.25) is 15.1 Å². The molecule has 0 bridgehead atoms. The van der Waals surface area contributed by atoms with Crippen LogP contribution in [0.3, 0.4) is 0 Å². The maximum Gasteiger partial charge on any atom is 0.248 e. The average Bonchev–Trinajstić information content (AvgIpc) is 2.76. The van der Waals surface area contributed by atoms with Gasteiger partial charge in [-0.15, -0.1) is 0 Å². The van der Waals surface area contributed by atoms with Crippen LogP contribution in [0.1, 0.15) is 18.4 Å². The first-order valence-electron chi connectivity index (χ1n) is 10.7. The first-order valence-corrected chi connectivity index (χ1v) is 13.3. The molecule has 1 heterocycles. The van der Waals surface area contributed by atoms with Gasteiger partial charge in [0.15, 0.2) is 0 Å². The highest BCUT2D eigenvalue weighted by Crippen LogP contribution is 2.34. The molecular weight excluding hydrogens is 523 g/mol. The summed E-state index contributed by atoms with van der Waals surface area (Å²) in [5, 5.41) is 11.0. The summed E-state index contributed by atoms with van der Waals surface area (Å²) in [6, 6.07) is 12.4. The summed E-state index contributed by atoms with van der Waals surface area (Å²) in [6.45, 7) is 0.714. The number of ether oxygens (including phenoxy) is 1. The Morgan fingerprint density at radius 1 is 1.12 bits per heavy atom.